The summed E-state index contributed by atoms with van der Waals surface area (Å²) >= 11 is 6.02. The first-order valence-electron chi connectivity index (χ1n) is 9.23. The molecule has 0 aliphatic carbocycles. The number of carbonyl (C=O) groups is 3. The third-order valence-corrected chi connectivity index (χ3v) is 5.21. The number of nitro groups is 1. The number of amides is 3. The minimum absolute atomic E-state index is 0.0442. The second-order valence-electron chi connectivity index (χ2n) is 6.75. The highest BCUT2D eigenvalue weighted by molar-refractivity contribution is 6.35. The average molecular weight is 452 g/mol. The van der Waals surface area contributed by atoms with E-state index in [2.05, 4.69) is 5.32 Å². The lowest BCUT2D eigenvalue weighted by Gasteiger charge is -2.18. The van der Waals surface area contributed by atoms with Gasteiger partial charge in [-0.15, -0.1) is 0 Å². The molecule has 0 bridgehead atoms. The Bertz CT molecular complexity index is 1270. The first-order valence-corrected chi connectivity index (χ1v) is 9.60. The monoisotopic (exact) mass is 451 g/mol. The number of hydrogen-bond donors (Lipinski definition) is 1. The van der Waals surface area contributed by atoms with Crippen LogP contribution in [0.2, 0.25) is 5.02 Å². The SMILES string of the molecule is COc1cc(NC(=O)c2cc([N+](=O)[O-])ccc2Cl)ccc1N1C(=O)c2ccccc2C1=O. The van der Waals surface area contributed by atoms with Crippen molar-refractivity contribution in [2.45, 2.75) is 0 Å². The molecule has 0 spiro atoms. The van der Waals surface area contributed by atoms with Gasteiger partial charge in [0.15, 0.2) is 0 Å². The minimum Gasteiger partial charge on any atom is -0.494 e. The van der Waals surface area contributed by atoms with Gasteiger partial charge in [0, 0.05) is 23.9 Å². The van der Waals surface area contributed by atoms with E-state index in [1.807, 2.05) is 0 Å². The van der Waals surface area contributed by atoms with Crippen LogP contribution in [0, 0.1) is 10.1 Å². The lowest BCUT2D eigenvalue weighted by molar-refractivity contribution is -0.384. The van der Waals surface area contributed by atoms with Crippen LogP contribution in [0.1, 0.15) is 31.1 Å². The topological polar surface area (TPSA) is 119 Å². The number of ether oxygens (including phenoxy) is 1. The number of rotatable bonds is 5. The molecule has 0 unspecified atom stereocenters. The van der Waals surface area contributed by atoms with E-state index in [1.54, 1.807) is 24.3 Å². The maximum atomic E-state index is 12.8. The summed E-state index contributed by atoms with van der Waals surface area (Å²) in [5.41, 5.74) is 0.705. The summed E-state index contributed by atoms with van der Waals surface area (Å²) in [6.07, 6.45) is 0. The Morgan fingerprint density at radius 3 is 2.28 bits per heavy atom. The van der Waals surface area contributed by atoms with E-state index >= 15 is 0 Å². The molecule has 10 heteroatoms. The first kappa shape index (κ1) is 21.0. The first-order chi connectivity index (χ1) is 15.3. The molecule has 1 aliphatic heterocycles. The zero-order valence-corrected chi connectivity index (χ0v) is 17.3. The fourth-order valence-electron chi connectivity index (χ4n) is 3.35. The third-order valence-electron chi connectivity index (χ3n) is 4.88. The van der Waals surface area contributed by atoms with Crippen molar-refractivity contribution >= 4 is 46.4 Å². The van der Waals surface area contributed by atoms with Crippen LogP contribution in [-0.4, -0.2) is 29.8 Å². The van der Waals surface area contributed by atoms with Crippen molar-refractivity contribution < 1.29 is 24.0 Å². The third kappa shape index (κ3) is 3.54. The van der Waals surface area contributed by atoms with Crippen LogP contribution < -0.4 is 15.0 Å². The summed E-state index contributed by atoms with van der Waals surface area (Å²) in [7, 11) is 1.36. The molecular weight excluding hydrogens is 438 g/mol. The minimum atomic E-state index is -0.672. The molecule has 0 saturated heterocycles. The summed E-state index contributed by atoms with van der Waals surface area (Å²) < 4.78 is 5.34. The second-order valence-corrected chi connectivity index (χ2v) is 7.16. The van der Waals surface area contributed by atoms with Crippen LogP contribution in [0.3, 0.4) is 0 Å². The van der Waals surface area contributed by atoms with Gasteiger partial charge in [-0.1, -0.05) is 23.7 Å². The molecular formula is C22H14ClN3O6. The summed E-state index contributed by atoms with van der Waals surface area (Å²) in [4.78, 5) is 49.5. The Morgan fingerprint density at radius 1 is 1.03 bits per heavy atom. The van der Waals surface area contributed by atoms with E-state index in [0.29, 0.717) is 0 Å². The van der Waals surface area contributed by atoms with E-state index in [9.17, 15) is 24.5 Å². The van der Waals surface area contributed by atoms with Crippen molar-refractivity contribution in [3.05, 3.63) is 92.5 Å². The standard InChI is InChI=1S/C22H14ClN3O6/c1-32-19-10-12(24-20(27)16-11-13(26(30)31)7-8-17(16)23)6-9-18(19)25-21(28)14-4-2-3-5-15(14)22(25)29/h2-11H,1H3,(H,24,27). The molecule has 1 heterocycles. The van der Waals surface area contributed by atoms with Gasteiger partial charge in [0.05, 0.1) is 39.4 Å². The Hall–Kier alpha value is -4.24. The molecule has 0 radical (unpaired) electrons. The number of methoxy groups -OCH3 is 1. The van der Waals surface area contributed by atoms with Crippen LogP contribution in [-0.2, 0) is 0 Å². The van der Waals surface area contributed by atoms with Crippen molar-refractivity contribution in [1.29, 1.82) is 0 Å². The van der Waals surface area contributed by atoms with E-state index < -0.39 is 22.6 Å². The molecule has 160 valence electrons. The van der Waals surface area contributed by atoms with Gasteiger partial charge >= 0.3 is 0 Å². The lowest BCUT2D eigenvalue weighted by Crippen LogP contribution is -2.29. The van der Waals surface area contributed by atoms with Crippen molar-refractivity contribution in [3.63, 3.8) is 0 Å². The van der Waals surface area contributed by atoms with E-state index in [1.165, 1.54) is 37.4 Å². The molecule has 1 N–H and O–H groups in total. The molecule has 9 nitrogen and oxygen atoms in total. The molecule has 3 amide bonds. The zero-order chi connectivity index (χ0) is 23.0. The van der Waals surface area contributed by atoms with Gasteiger partial charge in [-0.05, 0) is 30.3 Å². The maximum Gasteiger partial charge on any atom is 0.270 e. The fourth-order valence-corrected chi connectivity index (χ4v) is 3.55. The molecule has 0 atom stereocenters. The predicted octanol–water partition coefficient (Wildman–Crippen LogP) is 4.31. The van der Waals surface area contributed by atoms with Gasteiger partial charge in [0.1, 0.15) is 5.75 Å². The summed E-state index contributed by atoms with van der Waals surface area (Å²) in [5, 5.41) is 13.6. The van der Waals surface area contributed by atoms with Crippen LogP contribution in [0.25, 0.3) is 0 Å². The van der Waals surface area contributed by atoms with Gasteiger partial charge in [-0.2, -0.15) is 0 Å². The number of anilines is 2. The number of halogens is 1. The Morgan fingerprint density at radius 2 is 1.69 bits per heavy atom. The quantitative estimate of drug-likeness (QED) is 0.350. The van der Waals surface area contributed by atoms with Crippen LogP contribution in [0.4, 0.5) is 17.1 Å². The number of carbonyl (C=O) groups excluding carboxylic acids is 3. The number of benzene rings is 3. The number of nitrogens with zero attached hydrogens (tertiary/aromatic N) is 2. The van der Waals surface area contributed by atoms with Crippen LogP contribution in [0.5, 0.6) is 5.75 Å². The maximum absolute atomic E-state index is 12.8. The van der Waals surface area contributed by atoms with Crippen molar-refractivity contribution in [2.75, 3.05) is 17.3 Å². The van der Waals surface area contributed by atoms with Crippen molar-refractivity contribution in [1.82, 2.24) is 0 Å². The highest BCUT2D eigenvalue weighted by atomic mass is 35.5. The smallest absolute Gasteiger partial charge is 0.270 e. The Balaban J connectivity index is 1.64. The summed E-state index contributed by atoms with van der Waals surface area (Å²) in [6, 6.07) is 14.4. The number of nitrogens with one attached hydrogen (secondary N) is 1. The number of fused-ring (bicyclic) bond motifs is 1. The largest absolute Gasteiger partial charge is 0.494 e. The van der Waals surface area contributed by atoms with Gasteiger partial charge < -0.3 is 10.1 Å². The van der Waals surface area contributed by atoms with E-state index in [-0.39, 0.29) is 44.5 Å². The Kier molecular flexibility index (Phi) is 5.33. The van der Waals surface area contributed by atoms with Gasteiger partial charge in [-0.3, -0.25) is 24.5 Å². The van der Waals surface area contributed by atoms with Gasteiger partial charge in [0.25, 0.3) is 23.4 Å². The zero-order valence-electron chi connectivity index (χ0n) is 16.5. The van der Waals surface area contributed by atoms with E-state index in [4.69, 9.17) is 16.3 Å². The van der Waals surface area contributed by atoms with Crippen molar-refractivity contribution in [3.8, 4) is 5.75 Å². The molecule has 32 heavy (non-hydrogen) atoms. The van der Waals surface area contributed by atoms with Gasteiger partial charge in [0.2, 0.25) is 0 Å². The molecule has 4 rings (SSSR count). The highest BCUT2D eigenvalue weighted by Crippen LogP contribution is 2.36. The van der Waals surface area contributed by atoms with Crippen molar-refractivity contribution in [2.24, 2.45) is 0 Å². The number of non-ortho nitro benzene ring substituents is 1. The molecule has 0 saturated carbocycles. The molecule has 0 fully saturated rings. The Labute approximate surface area is 186 Å². The molecule has 0 aromatic heterocycles. The number of imide groups is 1. The lowest BCUT2D eigenvalue weighted by atomic mass is 10.1. The van der Waals surface area contributed by atoms with Gasteiger partial charge in [-0.25, -0.2) is 4.90 Å². The fraction of sp³-hybridized carbons (Fsp3) is 0.0455. The number of hydrogen-bond acceptors (Lipinski definition) is 6. The van der Waals surface area contributed by atoms with Crippen LogP contribution in [0.15, 0.2) is 60.7 Å². The molecule has 1 aliphatic rings. The second kappa shape index (κ2) is 8.12. The molecule has 3 aromatic carbocycles. The number of nitro benzene ring substituents is 1. The normalized spacial score (nSPS) is 12.5. The highest BCUT2D eigenvalue weighted by Gasteiger charge is 2.37. The van der Waals surface area contributed by atoms with Crippen LogP contribution >= 0.6 is 11.6 Å². The predicted molar refractivity (Wildman–Crippen MR) is 117 cm³/mol. The van der Waals surface area contributed by atoms with E-state index in [0.717, 1.165) is 11.0 Å². The molecule has 3 aromatic rings. The summed E-state index contributed by atoms with van der Waals surface area (Å²) in [6.45, 7) is 0. The average Bonchev–Trinajstić information content (AvgIpc) is 3.04. The summed E-state index contributed by atoms with van der Waals surface area (Å²) in [5.74, 6) is -1.47.